The summed E-state index contributed by atoms with van der Waals surface area (Å²) in [5, 5.41) is 6.97. The first-order valence-electron chi connectivity index (χ1n) is 5.27. The van der Waals surface area contributed by atoms with Crippen LogP contribution in [-0.4, -0.2) is 25.7 Å². The third kappa shape index (κ3) is 3.55. The van der Waals surface area contributed by atoms with E-state index in [4.69, 9.17) is 0 Å². The lowest BCUT2D eigenvalue weighted by atomic mass is 10.1. The van der Waals surface area contributed by atoms with Gasteiger partial charge >= 0.3 is 0 Å². The Morgan fingerprint density at radius 2 is 2.42 bits per heavy atom. The van der Waals surface area contributed by atoms with Gasteiger partial charge in [0.25, 0.3) is 0 Å². The minimum absolute atomic E-state index is 0.704. The fourth-order valence-corrected chi connectivity index (χ4v) is 1.79. The van der Waals surface area contributed by atoms with Crippen molar-refractivity contribution < 1.29 is 0 Å². The molecule has 1 fully saturated rings. The predicted octanol–water partition coefficient (Wildman–Crippen LogP) is 1.37. The Hall–Kier alpha value is -0.0800. The van der Waals surface area contributed by atoms with Crippen LogP contribution in [0.5, 0.6) is 0 Å². The van der Waals surface area contributed by atoms with Crippen LogP contribution in [0.25, 0.3) is 0 Å². The number of rotatable bonds is 5. The molecule has 1 saturated heterocycles. The van der Waals surface area contributed by atoms with Gasteiger partial charge in [0.2, 0.25) is 0 Å². The van der Waals surface area contributed by atoms with E-state index in [9.17, 15) is 0 Å². The first-order chi connectivity index (χ1) is 5.83. The molecule has 12 heavy (non-hydrogen) atoms. The first kappa shape index (κ1) is 10.0. The summed E-state index contributed by atoms with van der Waals surface area (Å²) in [4.78, 5) is 0. The van der Waals surface area contributed by atoms with E-state index in [0.29, 0.717) is 6.04 Å². The van der Waals surface area contributed by atoms with Gasteiger partial charge in [0, 0.05) is 6.04 Å². The zero-order valence-electron chi connectivity index (χ0n) is 8.40. The van der Waals surface area contributed by atoms with Gasteiger partial charge in [-0.2, -0.15) is 0 Å². The molecule has 0 bridgehead atoms. The molecular formula is C10H22N2. The summed E-state index contributed by atoms with van der Waals surface area (Å²) in [6.45, 7) is 8.16. The lowest BCUT2D eigenvalue weighted by Gasteiger charge is -2.15. The standard InChI is InChI=1S/C10H22N2/c1-3-4-9(2)12-8-10-5-6-11-7-10/h9-12H,3-8H2,1-2H3. The van der Waals surface area contributed by atoms with Crippen LogP contribution in [0.4, 0.5) is 0 Å². The van der Waals surface area contributed by atoms with Gasteiger partial charge in [-0.1, -0.05) is 13.3 Å². The molecule has 2 heteroatoms. The summed E-state index contributed by atoms with van der Waals surface area (Å²) in [7, 11) is 0. The van der Waals surface area contributed by atoms with Crippen molar-refractivity contribution in [3.63, 3.8) is 0 Å². The number of hydrogen-bond acceptors (Lipinski definition) is 2. The van der Waals surface area contributed by atoms with Gasteiger partial charge in [-0.25, -0.2) is 0 Å². The van der Waals surface area contributed by atoms with Gasteiger partial charge in [0.15, 0.2) is 0 Å². The van der Waals surface area contributed by atoms with E-state index in [1.54, 1.807) is 0 Å². The van der Waals surface area contributed by atoms with Crippen molar-refractivity contribution in [1.82, 2.24) is 10.6 Å². The highest BCUT2D eigenvalue weighted by Gasteiger charge is 2.14. The molecular weight excluding hydrogens is 148 g/mol. The monoisotopic (exact) mass is 170 g/mol. The van der Waals surface area contributed by atoms with E-state index < -0.39 is 0 Å². The molecule has 0 aliphatic carbocycles. The van der Waals surface area contributed by atoms with Crippen molar-refractivity contribution in [3.8, 4) is 0 Å². The zero-order valence-corrected chi connectivity index (χ0v) is 8.40. The summed E-state index contributed by atoms with van der Waals surface area (Å²) in [6.07, 6.45) is 3.95. The van der Waals surface area contributed by atoms with Gasteiger partial charge in [0.05, 0.1) is 0 Å². The molecule has 1 rings (SSSR count). The highest BCUT2D eigenvalue weighted by Crippen LogP contribution is 2.06. The molecule has 0 radical (unpaired) electrons. The molecule has 0 amide bonds. The normalized spacial score (nSPS) is 26.0. The molecule has 1 heterocycles. The minimum atomic E-state index is 0.704. The first-order valence-corrected chi connectivity index (χ1v) is 5.27. The Labute approximate surface area is 76.1 Å². The second-order valence-corrected chi connectivity index (χ2v) is 3.96. The molecule has 0 spiro atoms. The fourth-order valence-electron chi connectivity index (χ4n) is 1.79. The number of hydrogen-bond donors (Lipinski definition) is 2. The summed E-state index contributed by atoms with van der Waals surface area (Å²) < 4.78 is 0. The Bertz CT molecular complexity index is 108. The summed E-state index contributed by atoms with van der Waals surface area (Å²) >= 11 is 0. The molecule has 2 atom stereocenters. The highest BCUT2D eigenvalue weighted by atomic mass is 15.0. The largest absolute Gasteiger partial charge is 0.316 e. The third-order valence-corrected chi connectivity index (χ3v) is 2.64. The Morgan fingerprint density at radius 1 is 1.58 bits per heavy atom. The maximum absolute atomic E-state index is 3.59. The van der Waals surface area contributed by atoms with Crippen LogP contribution in [-0.2, 0) is 0 Å². The van der Waals surface area contributed by atoms with Crippen LogP contribution in [0.15, 0.2) is 0 Å². The summed E-state index contributed by atoms with van der Waals surface area (Å²) in [5.41, 5.74) is 0. The molecule has 2 nitrogen and oxygen atoms in total. The van der Waals surface area contributed by atoms with Gasteiger partial charge in [-0.15, -0.1) is 0 Å². The molecule has 0 aromatic rings. The van der Waals surface area contributed by atoms with Crippen LogP contribution in [0.2, 0.25) is 0 Å². The van der Waals surface area contributed by atoms with Gasteiger partial charge in [-0.05, 0) is 45.3 Å². The van der Waals surface area contributed by atoms with Crippen molar-refractivity contribution in [2.24, 2.45) is 5.92 Å². The van der Waals surface area contributed by atoms with Crippen LogP contribution in [0.3, 0.4) is 0 Å². The third-order valence-electron chi connectivity index (χ3n) is 2.64. The van der Waals surface area contributed by atoms with E-state index in [1.165, 1.54) is 38.9 Å². The van der Waals surface area contributed by atoms with Gasteiger partial charge in [-0.3, -0.25) is 0 Å². The van der Waals surface area contributed by atoms with E-state index in [0.717, 1.165) is 5.92 Å². The van der Waals surface area contributed by atoms with E-state index >= 15 is 0 Å². The Morgan fingerprint density at radius 3 is 3.00 bits per heavy atom. The van der Waals surface area contributed by atoms with Gasteiger partial charge in [0.1, 0.15) is 0 Å². The van der Waals surface area contributed by atoms with Crippen molar-refractivity contribution in [2.75, 3.05) is 19.6 Å². The predicted molar refractivity (Wildman–Crippen MR) is 53.3 cm³/mol. The molecule has 72 valence electrons. The smallest absolute Gasteiger partial charge is 0.00387 e. The van der Waals surface area contributed by atoms with Crippen molar-refractivity contribution in [1.29, 1.82) is 0 Å². The Kier molecular flexibility index (Phi) is 4.62. The van der Waals surface area contributed by atoms with Crippen LogP contribution >= 0.6 is 0 Å². The van der Waals surface area contributed by atoms with Crippen LogP contribution in [0, 0.1) is 5.92 Å². The summed E-state index contributed by atoms with van der Waals surface area (Å²) in [6, 6.07) is 0.704. The molecule has 2 N–H and O–H groups in total. The molecule has 2 unspecified atom stereocenters. The molecule has 1 aliphatic heterocycles. The quantitative estimate of drug-likeness (QED) is 0.651. The van der Waals surface area contributed by atoms with Crippen LogP contribution < -0.4 is 10.6 Å². The molecule has 0 aromatic heterocycles. The second-order valence-electron chi connectivity index (χ2n) is 3.96. The lowest BCUT2D eigenvalue weighted by molar-refractivity contribution is 0.442. The van der Waals surface area contributed by atoms with Crippen molar-refractivity contribution in [2.45, 2.75) is 39.2 Å². The summed E-state index contributed by atoms with van der Waals surface area (Å²) in [5.74, 6) is 0.879. The number of nitrogens with one attached hydrogen (secondary N) is 2. The SMILES string of the molecule is CCCC(C)NCC1CCNC1. The van der Waals surface area contributed by atoms with E-state index in [-0.39, 0.29) is 0 Å². The fraction of sp³-hybridized carbons (Fsp3) is 1.00. The molecule has 0 saturated carbocycles. The highest BCUT2D eigenvalue weighted by molar-refractivity contribution is 4.74. The van der Waals surface area contributed by atoms with E-state index in [1.807, 2.05) is 0 Å². The Balaban J connectivity index is 1.99. The molecule has 1 aliphatic rings. The van der Waals surface area contributed by atoms with Crippen LogP contribution in [0.1, 0.15) is 33.1 Å². The van der Waals surface area contributed by atoms with Crippen molar-refractivity contribution >= 4 is 0 Å². The molecule has 0 aromatic carbocycles. The lowest BCUT2D eigenvalue weighted by Crippen LogP contribution is -2.31. The second kappa shape index (κ2) is 5.55. The topological polar surface area (TPSA) is 24.1 Å². The average molecular weight is 170 g/mol. The van der Waals surface area contributed by atoms with E-state index in [2.05, 4.69) is 24.5 Å². The maximum atomic E-state index is 3.59. The minimum Gasteiger partial charge on any atom is -0.316 e. The average Bonchev–Trinajstić information content (AvgIpc) is 2.53. The maximum Gasteiger partial charge on any atom is 0.00387 e. The van der Waals surface area contributed by atoms with Crippen molar-refractivity contribution in [3.05, 3.63) is 0 Å². The zero-order chi connectivity index (χ0) is 8.81. The van der Waals surface area contributed by atoms with Gasteiger partial charge < -0.3 is 10.6 Å².